The van der Waals surface area contributed by atoms with Gasteiger partial charge in [-0.05, 0) is 44.0 Å². The van der Waals surface area contributed by atoms with Crippen molar-refractivity contribution in [2.45, 2.75) is 33.4 Å². The molecule has 2 aromatic carbocycles. The molecule has 3 heteroatoms. The van der Waals surface area contributed by atoms with Crippen LogP contribution in [0.5, 0.6) is 0 Å². The van der Waals surface area contributed by atoms with Crippen molar-refractivity contribution in [3.8, 4) is 0 Å². The fourth-order valence-electron chi connectivity index (χ4n) is 2.16. The molecule has 2 nitrogen and oxygen atoms in total. The normalized spacial score (nSPS) is 10.7. The van der Waals surface area contributed by atoms with Gasteiger partial charge in [0.15, 0.2) is 0 Å². The highest BCUT2D eigenvalue weighted by Gasteiger charge is 2.19. The van der Waals surface area contributed by atoms with E-state index in [0.717, 1.165) is 5.56 Å². The van der Waals surface area contributed by atoms with Gasteiger partial charge >= 0.3 is 0 Å². The minimum Gasteiger partial charge on any atom is -0.332 e. The van der Waals surface area contributed by atoms with Crippen LogP contribution in [0.25, 0.3) is 0 Å². The number of hydrogen-bond donors (Lipinski definition) is 0. The number of aryl methyl sites for hydroxylation is 1. The van der Waals surface area contributed by atoms with E-state index in [2.05, 4.69) is 0 Å². The molecule has 0 aliphatic rings. The number of amides is 1. The largest absolute Gasteiger partial charge is 0.332 e. The molecule has 0 heterocycles. The van der Waals surface area contributed by atoms with E-state index < -0.39 is 0 Å². The molecule has 0 radical (unpaired) electrons. The molecule has 0 fully saturated rings. The third kappa shape index (κ3) is 3.69. The molecule has 0 atom stereocenters. The van der Waals surface area contributed by atoms with Crippen LogP contribution in [-0.4, -0.2) is 16.8 Å². The maximum Gasteiger partial charge on any atom is 0.254 e. The number of halogens is 1. The van der Waals surface area contributed by atoms with Crippen molar-refractivity contribution >= 4 is 5.91 Å². The zero-order valence-electron chi connectivity index (χ0n) is 12.6. The third-order valence-electron chi connectivity index (χ3n) is 3.50. The fourth-order valence-corrected chi connectivity index (χ4v) is 2.16. The van der Waals surface area contributed by atoms with Crippen molar-refractivity contribution in [2.75, 3.05) is 0 Å². The first kappa shape index (κ1) is 15.2. The zero-order chi connectivity index (χ0) is 15.4. The summed E-state index contributed by atoms with van der Waals surface area (Å²) in [5, 5.41) is 0. The van der Waals surface area contributed by atoms with Crippen LogP contribution < -0.4 is 0 Å². The minimum atomic E-state index is -0.343. The van der Waals surface area contributed by atoms with Crippen LogP contribution in [0.4, 0.5) is 4.39 Å². The van der Waals surface area contributed by atoms with Crippen LogP contribution in [0.1, 0.15) is 35.3 Å². The number of carbonyl (C=O) groups excluding carboxylic acids is 1. The molecule has 0 saturated heterocycles. The van der Waals surface area contributed by atoms with Crippen molar-refractivity contribution in [3.05, 3.63) is 71.0 Å². The number of nitrogens with zero attached hydrogens (tertiary/aromatic N) is 1. The van der Waals surface area contributed by atoms with Crippen LogP contribution in [0.2, 0.25) is 0 Å². The summed E-state index contributed by atoms with van der Waals surface area (Å²) in [4.78, 5) is 14.4. The van der Waals surface area contributed by atoms with Gasteiger partial charge in [0.2, 0.25) is 0 Å². The summed E-state index contributed by atoms with van der Waals surface area (Å²) in [6.07, 6.45) is 0. The van der Waals surface area contributed by atoms with Gasteiger partial charge in [-0.1, -0.05) is 36.4 Å². The Morgan fingerprint density at radius 1 is 1.14 bits per heavy atom. The molecule has 0 aliphatic heterocycles. The van der Waals surface area contributed by atoms with E-state index in [1.54, 1.807) is 24.0 Å². The van der Waals surface area contributed by atoms with Crippen LogP contribution in [0, 0.1) is 12.7 Å². The van der Waals surface area contributed by atoms with Crippen molar-refractivity contribution < 1.29 is 9.18 Å². The number of benzene rings is 2. The standard InChI is InChI=1S/C18H20FNO/c1-13(2)20(12-15-7-5-4-6-8-15)18(21)16-10-9-14(3)17(19)11-16/h4-11,13H,12H2,1-3H3. The van der Waals surface area contributed by atoms with Crippen molar-refractivity contribution in [1.29, 1.82) is 0 Å². The molecule has 0 spiro atoms. The van der Waals surface area contributed by atoms with Gasteiger partial charge in [-0.2, -0.15) is 0 Å². The lowest BCUT2D eigenvalue weighted by molar-refractivity contribution is 0.0690. The molecule has 0 unspecified atom stereocenters. The quantitative estimate of drug-likeness (QED) is 0.825. The molecule has 0 N–H and O–H groups in total. The van der Waals surface area contributed by atoms with E-state index in [4.69, 9.17) is 0 Å². The molecule has 0 saturated carbocycles. The van der Waals surface area contributed by atoms with E-state index in [1.807, 2.05) is 44.2 Å². The first-order chi connectivity index (χ1) is 9.99. The molecule has 2 rings (SSSR count). The molecule has 0 aromatic heterocycles. The van der Waals surface area contributed by atoms with Crippen LogP contribution in [0.3, 0.4) is 0 Å². The van der Waals surface area contributed by atoms with Crippen molar-refractivity contribution in [2.24, 2.45) is 0 Å². The molecule has 0 aliphatic carbocycles. The molecule has 21 heavy (non-hydrogen) atoms. The van der Waals surface area contributed by atoms with Gasteiger partial charge in [-0.25, -0.2) is 4.39 Å². The Hall–Kier alpha value is -2.16. The lowest BCUT2D eigenvalue weighted by Crippen LogP contribution is -2.36. The van der Waals surface area contributed by atoms with Gasteiger partial charge in [-0.3, -0.25) is 4.79 Å². The van der Waals surface area contributed by atoms with Crippen LogP contribution >= 0.6 is 0 Å². The van der Waals surface area contributed by atoms with Gasteiger partial charge in [-0.15, -0.1) is 0 Å². The molecule has 2 aromatic rings. The Morgan fingerprint density at radius 3 is 2.38 bits per heavy atom. The monoisotopic (exact) mass is 285 g/mol. The highest BCUT2D eigenvalue weighted by molar-refractivity contribution is 5.94. The molecular weight excluding hydrogens is 265 g/mol. The second kappa shape index (κ2) is 6.53. The minimum absolute atomic E-state index is 0.0436. The number of hydrogen-bond acceptors (Lipinski definition) is 1. The second-order valence-corrected chi connectivity index (χ2v) is 5.48. The topological polar surface area (TPSA) is 20.3 Å². The average molecular weight is 285 g/mol. The van der Waals surface area contributed by atoms with E-state index in [0.29, 0.717) is 17.7 Å². The Balaban J connectivity index is 2.25. The highest BCUT2D eigenvalue weighted by Crippen LogP contribution is 2.16. The van der Waals surface area contributed by atoms with Crippen LogP contribution in [-0.2, 0) is 6.54 Å². The van der Waals surface area contributed by atoms with Gasteiger partial charge in [0, 0.05) is 18.2 Å². The molecule has 110 valence electrons. The maximum atomic E-state index is 13.7. The lowest BCUT2D eigenvalue weighted by atomic mass is 10.1. The van der Waals surface area contributed by atoms with Crippen molar-refractivity contribution in [3.63, 3.8) is 0 Å². The first-order valence-corrected chi connectivity index (χ1v) is 7.10. The van der Waals surface area contributed by atoms with Gasteiger partial charge < -0.3 is 4.90 Å². The highest BCUT2D eigenvalue weighted by atomic mass is 19.1. The van der Waals surface area contributed by atoms with E-state index in [9.17, 15) is 9.18 Å². The number of carbonyl (C=O) groups is 1. The predicted octanol–water partition coefficient (Wildman–Crippen LogP) is 4.18. The summed E-state index contributed by atoms with van der Waals surface area (Å²) in [6, 6.07) is 14.5. The lowest BCUT2D eigenvalue weighted by Gasteiger charge is -2.27. The Labute approximate surface area is 125 Å². The van der Waals surface area contributed by atoms with Gasteiger partial charge in [0.05, 0.1) is 0 Å². The zero-order valence-corrected chi connectivity index (χ0v) is 12.6. The summed E-state index contributed by atoms with van der Waals surface area (Å²) < 4.78 is 13.7. The Bertz CT molecular complexity index is 622. The summed E-state index contributed by atoms with van der Waals surface area (Å²) in [5.41, 5.74) is 2.00. The molecule has 1 amide bonds. The van der Waals surface area contributed by atoms with Gasteiger partial charge in [0.1, 0.15) is 5.82 Å². The number of rotatable bonds is 4. The third-order valence-corrected chi connectivity index (χ3v) is 3.50. The van der Waals surface area contributed by atoms with Crippen molar-refractivity contribution in [1.82, 2.24) is 4.90 Å². The van der Waals surface area contributed by atoms with E-state index >= 15 is 0 Å². The smallest absolute Gasteiger partial charge is 0.254 e. The summed E-state index contributed by atoms with van der Waals surface area (Å²) in [5.74, 6) is -0.489. The fraction of sp³-hybridized carbons (Fsp3) is 0.278. The molecule has 0 bridgehead atoms. The summed E-state index contributed by atoms with van der Waals surface area (Å²) in [6.45, 7) is 6.14. The van der Waals surface area contributed by atoms with E-state index in [-0.39, 0.29) is 17.8 Å². The summed E-state index contributed by atoms with van der Waals surface area (Å²) >= 11 is 0. The van der Waals surface area contributed by atoms with Crippen LogP contribution in [0.15, 0.2) is 48.5 Å². The molecular formula is C18H20FNO. The maximum absolute atomic E-state index is 13.7. The van der Waals surface area contributed by atoms with Gasteiger partial charge in [0.25, 0.3) is 5.91 Å². The Morgan fingerprint density at radius 2 is 1.81 bits per heavy atom. The average Bonchev–Trinajstić information content (AvgIpc) is 2.47. The van der Waals surface area contributed by atoms with E-state index in [1.165, 1.54) is 6.07 Å². The first-order valence-electron chi connectivity index (χ1n) is 7.10. The second-order valence-electron chi connectivity index (χ2n) is 5.48. The Kier molecular flexibility index (Phi) is 4.73. The predicted molar refractivity (Wildman–Crippen MR) is 82.6 cm³/mol. The summed E-state index contributed by atoms with van der Waals surface area (Å²) in [7, 11) is 0. The SMILES string of the molecule is Cc1ccc(C(=O)N(Cc2ccccc2)C(C)C)cc1F.